The first-order chi connectivity index (χ1) is 12.6. The summed E-state index contributed by atoms with van der Waals surface area (Å²) >= 11 is 0. The number of allylic oxidation sites excluding steroid dienone is 2. The fourth-order valence-electron chi connectivity index (χ4n) is 3.41. The van der Waals surface area contributed by atoms with Gasteiger partial charge in [0.1, 0.15) is 11.5 Å². The minimum Gasteiger partial charge on any atom is -0.496 e. The van der Waals surface area contributed by atoms with Crippen molar-refractivity contribution < 1.29 is 14.3 Å². The maximum atomic E-state index is 13.1. The number of para-hydroxylation sites is 2. The van der Waals surface area contributed by atoms with Gasteiger partial charge in [-0.1, -0.05) is 43.3 Å². The van der Waals surface area contributed by atoms with E-state index < -0.39 is 0 Å². The summed E-state index contributed by atoms with van der Waals surface area (Å²) in [5, 5.41) is 0. The highest BCUT2D eigenvalue weighted by atomic mass is 16.5. The second kappa shape index (κ2) is 8.05. The second-order valence-electron chi connectivity index (χ2n) is 6.67. The highest BCUT2D eigenvalue weighted by Crippen LogP contribution is 2.34. The molecule has 0 bridgehead atoms. The van der Waals surface area contributed by atoms with E-state index in [0.717, 1.165) is 46.6 Å². The molecular formula is C23H24O3. The quantitative estimate of drug-likeness (QED) is 0.715. The van der Waals surface area contributed by atoms with Crippen LogP contribution in [0.3, 0.4) is 0 Å². The van der Waals surface area contributed by atoms with Crippen LogP contribution in [-0.2, 0) is 4.79 Å². The van der Waals surface area contributed by atoms with Crippen LogP contribution in [0.1, 0.15) is 30.9 Å². The summed E-state index contributed by atoms with van der Waals surface area (Å²) in [4.78, 5) is 13.1. The summed E-state index contributed by atoms with van der Waals surface area (Å²) < 4.78 is 10.8. The van der Waals surface area contributed by atoms with E-state index in [1.807, 2.05) is 60.7 Å². The Morgan fingerprint density at radius 2 is 1.23 bits per heavy atom. The molecule has 0 atom stereocenters. The Kier molecular flexibility index (Phi) is 5.57. The predicted octanol–water partition coefficient (Wildman–Crippen LogP) is 5.17. The third-order valence-corrected chi connectivity index (χ3v) is 4.66. The van der Waals surface area contributed by atoms with Gasteiger partial charge in [0.05, 0.1) is 14.2 Å². The van der Waals surface area contributed by atoms with Crippen LogP contribution in [0.5, 0.6) is 11.5 Å². The van der Waals surface area contributed by atoms with Gasteiger partial charge < -0.3 is 9.47 Å². The zero-order valence-electron chi connectivity index (χ0n) is 15.5. The van der Waals surface area contributed by atoms with Crippen molar-refractivity contribution in [3.63, 3.8) is 0 Å². The number of hydrogen-bond donors (Lipinski definition) is 0. The molecule has 0 heterocycles. The molecule has 0 aliphatic heterocycles. The van der Waals surface area contributed by atoms with Crippen LogP contribution in [0.25, 0.3) is 12.2 Å². The van der Waals surface area contributed by atoms with Crippen molar-refractivity contribution in [1.82, 2.24) is 0 Å². The van der Waals surface area contributed by atoms with Crippen LogP contribution in [0, 0.1) is 5.92 Å². The van der Waals surface area contributed by atoms with Crippen LogP contribution in [0.15, 0.2) is 59.7 Å². The number of carbonyl (C=O) groups is 1. The molecule has 134 valence electrons. The van der Waals surface area contributed by atoms with E-state index in [0.29, 0.717) is 5.92 Å². The lowest BCUT2D eigenvalue weighted by atomic mass is 9.80. The van der Waals surface area contributed by atoms with Crippen molar-refractivity contribution in [3.8, 4) is 11.5 Å². The highest BCUT2D eigenvalue weighted by Gasteiger charge is 2.25. The van der Waals surface area contributed by atoms with Gasteiger partial charge in [0.15, 0.2) is 5.78 Å². The molecule has 0 aromatic heterocycles. The minimum atomic E-state index is 0.111. The molecule has 3 nitrogen and oxygen atoms in total. The molecule has 0 radical (unpaired) electrons. The van der Waals surface area contributed by atoms with Gasteiger partial charge in [0, 0.05) is 22.3 Å². The molecule has 1 fully saturated rings. The Bertz CT molecular complexity index is 792. The third kappa shape index (κ3) is 3.88. The first kappa shape index (κ1) is 18.0. The Labute approximate surface area is 155 Å². The van der Waals surface area contributed by atoms with Gasteiger partial charge in [-0.2, -0.15) is 0 Å². The lowest BCUT2D eigenvalue weighted by molar-refractivity contribution is -0.113. The molecule has 1 aliphatic carbocycles. The van der Waals surface area contributed by atoms with Gasteiger partial charge >= 0.3 is 0 Å². The van der Waals surface area contributed by atoms with Gasteiger partial charge in [0.25, 0.3) is 0 Å². The molecule has 0 N–H and O–H groups in total. The average Bonchev–Trinajstić information content (AvgIpc) is 2.66. The average molecular weight is 348 g/mol. The van der Waals surface area contributed by atoms with E-state index in [4.69, 9.17) is 9.47 Å². The largest absolute Gasteiger partial charge is 0.496 e. The molecular weight excluding hydrogens is 324 g/mol. The molecule has 0 amide bonds. The predicted molar refractivity (Wildman–Crippen MR) is 105 cm³/mol. The van der Waals surface area contributed by atoms with Crippen molar-refractivity contribution in [2.24, 2.45) is 5.92 Å². The normalized spacial score (nSPS) is 20.4. The number of ether oxygens (including phenoxy) is 2. The lowest BCUT2D eigenvalue weighted by Crippen LogP contribution is -2.18. The standard InChI is InChI=1S/C23H24O3/c1-16-12-19(14-17-8-4-6-10-21(17)25-2)23(24)20(13-16)15-18-9-5-7-11-22(18)26-3/h4-11,14-16H,12-13H2,1-3H3. The number of methoxy groups -OCH3 is 2. The van der Waals surface area contributed by atoms with E-state index in [1.165, 1.54) is 0 Å². The van der Waals surface area contributed by atoms with E-state index in [-0.39, 0.29) is 5.78 Å². The molecule has 1 saturated carbocycles. The maximum Gasteiger partial charge on any atom is 0.185 e. The molecule has 1 aliphatic rings. The molecule has 2 aromatic carbocycles. The SMILES string of the molecule is COc1ccccc1C=C1CC(C)CC(=Cc2ccccc2OC)C1=O. The van der Waals surface area contributed by atoms with E-state index in [2.05, 4.69) is 6.92 Å². The summed E-state index contributed by atoms with van der Waals surface area (Å²) in [5.41, 5.74) is 3.52. The van der Waals surface area contributed by atoms with Crippen LogP contribution in [-0.4, -0.2) is 20.0 Å². The van der Waals surface area contributed by atoms with E-state index >= 15 is 0 Å². The first-order valence-corrected chi connectivity index (χ1v) is 8.84. The monoisotopic (exact) mass is 348 g/mol. The fraction of sp³-hybridized carbons (Fsp3) is 0.261. The summed E-state index contributed by atoms with van der Waals surface area (Å²) in [7, 11) is 3.30. The van der Waals surface area contributed by atoms with Crippen molar-refractivity contribution in [1.29, 1.82) is 0 Å². The second-order valence-corrected chi connectivity index (χ2v) is 6.67. The molecule has 0 unspecified atom stereocenters. The van der Waals surface area contributed by atoms with Gasteiger partial charge in [-0.3, -0.25) is 4.79 Å². The highest BCUT2D eigenvalue weighted by molar-refractivity contribution is 6.14. The Balaban J connectivity index is 1.98. The number of carbonyl (C=O) groups excluding carboxylic acids is 1. The molecule has 2 aromatic rings. The van der Waals surface area contributed by atoms with Crippen LogP contribution >= 0.6 is 0 Å². The van der Waals surface area contributed by atoms with Crippen LogP contribution < -0.4 is 9.47 Å². The van der Waals surface area contributed by atoms with Crippen molar-refractivity contribution in [2.45, 2.75) is 19.8 Å². The number of ketones is 1. The Hall–Kier alpha value is -2.81. The summed E-state index contributed by atoms with van der Waals surface area (Å²) in [6.45, 7) is 2.18. The van der Waals surface area contributed by atoms with Gasteiger partial charge in [-0.25, -0.2) is 0 Å². The van der Waals surface area contributed by atoms with E-state index in [9.17, 15) is 4.79 Å². The molecule has 0 saturated heterocycles. The van der Waals surface area contributed by atoms with Gasteiger partial charge in [-0.15, -0.1) is 0 Å². The molecule has 26 heavy (non-hydrogen) atoms. The van der Waals surface area contributed by atoms with E-state index in [1.54, 1.807) is 14.2 Å². The number of Topliss-reactive ketones (excluding diaryl/α,β-unsaturated/α-hetero) is 1. The third-order valence-electron chi connectivity index (χ3n) is 4.66. The minimum absolute atomic E-state index is 0.111. The molecule has 0 spiro atoms. The van der Waals surface area contributed by atoms with Crippen LogP contribution in [0.4, 0.5) is 0 Å². The zero-order chi connectivity index (χ0) is 18.5. The molecule has 3 heteroatoms. The van der Waals surface area contributed by atoms with Crippen molar-refractivity contribution in [3.05, 3.63) is 70.8 Å². The fourth-order valence-corrected chi connectivity index (χ4v) is 3.41. The maximum absolute atomic E-state index is 13.1. The zero-order valence-corrected chi connectivity index (χ0v) is 15.5. The summed E-state index contributed by atoms with van der Waals surface area (Å²) in [6.07, 6.45) is 5.49. The summed E-state index contributed by atoms with van der Waals surface area (Å²) in [6, 6.07) is 15.5. The first-order valence-electron chi connectivity index (χ1n) is 8.84. The van der Waals surface area contributed by atoms with Crippen molar-refractivity contribution in [2.75, 3.05) is 14.2 Å². The summed E-state index contributed by atoms with van der Waals surface area (Å²) in [5.74, 6) is 2.08. The topological polar surface area (TPSA) is 35.5 Å². The number of rotatable bonds is 4. The van der Waals surface area contributed by atoms with Gasteiger partial charge in [-0.05, 0) is 43.0 Å². The van der Waals surface area contributed by atoms with Crippen molar-refractivity contribution >= 4 is 17.9 Å². The molecule has 3 rings (SSSR count). The van der Waals surface area contributed by atoms with Gasteiger partial charge in [0.2, 0.25) is 0 Å². The van der Waals surface area contributed by atoms with Crippen LogP contribution in [0.2, 0.25) is 0 Å². The smallest absolute Gasteiger partial charge is 0.185 e. The lowest BCUT2D eigenvalue weighted by Gasteiger charge is -2.23. The Morgan fingerprint density at radius 3 is 1.65 bits per heavy atom. The number of benzene rings is 2. The Morgan fingerprint density at radius 1 is 0.808 bits per heavy atom. The number of hydrogen-bond acceptors (Lipinski definition) is 3.